The third-order valence-electron chi connectivity index (χ3n) is 3.54. The molecule has 0 aliphatic heterocycles. The number of aliphatic hydroxyl groups is 1. The van der Waals surface area contributed by atoms with Crippen LogP contribution in [0.2, 0.25) is 0 Å². The lowest BCUT2D eigenvalue weighted by Crippen LogP contribution is -2.11. The van der Waals surface area contributed by atoms with E-state index in [0.29, 0.717) is 6.54 Å². The van der Waals surface area contributed by atoms with E-state index in [1.165, 1.54) is 27.9 Å². The summed E-state index contributed by atoms with van der Waals surface area (Å²) >= 11 is 0. The molecule has 0 amide bonds. The minimum Gasteiger partial charge on any atom is -0.392 e. The first-order valence-corrected chi connectivity index (χ1v) is 6.11. The Kier molecular flexibility index (Phi) is 2.33. The Balaban J connectivity index is 2.13. The van der Waals surface area contributed by atoms with Gasteiger partial charge in [-0.05, 0) is 36.6 Å². The third-order valence-corrected chi connectivity index (χ3v) is 3.54. The topological polar surface area (TPSA) is 25.2 Å². The number of benzene rings is 1. The molecule has 0 saturated heterocycles. The Labute approximate surface area is 102 Å². The van der Waals surface area contributed by atoms with Crippen LogP contribution in [-0.4, -0.2) is 15.8 Å². The normalized spacial score (nSPS) is 14.5. The zero-order valence-corrected chi connectivity index (χ0v) is 10.3. The van der Waals surface area contributed by atoms with Gasteiger partial charge in [-0.25, -0.2) is 0 Å². The summed E-state index contributed by atoms with van der Waals surface area (Å²) in [6.45, 7) is 4.67. The number of fused-ring (bicyclic) bond motifs is 3. The molecule has 1 aliphatic carbocycles. The van der Waals surface area contributed by atoms with Crippen molar-refractivity contribution in [2.45, 2.75) is 32.9 Å². The Morgan fingerprint density at radius 1 is 1.35 bits per heavy atom. The highest BCUT2D eigenvalue weighted by atomic mass is 16.3. The molecule has 1 heterocycles. The van der Waals surface area contributed by atoms with E-state index < -0.39 is 0 Å². The maximum absolute atomic E-state index is 9.54. The molecule has 2 nitrogen and oxygen atoms in total. The highest BCUT2D eigenvalue weighted by Crippen LogP contribution is 2.38. The van der Waals surface area contributed by atoms with Crippen molar-refractivity contribution in [1.29, 1.82) is 0 Å². The zero-order chi connectivity index (χ0) is 12.0. The molecule has 1 atom stereocenters. The van der Waals surface area contributed by atoms with Crippen LogP contribution in [0.15, 0.2) is 30.5 Å². The van der Waals surface area contributed by atoms with E-state index >= 15 is 0 Å². The Morgan fingerprint density at radius 3 is 2.94 bits per heavy atom. The first-order chi connectivity index (χ1) is 8.16. The molecule has 1 aromatic heterocycles. The van der Waals surface area contributed by atoms with Gasteiger partial charge in [0.25, 0.3) is 0 Å². The summed E-state index contributed by atoms with van der Waals surface area (Å²) in [7, 11) is 0. The fraction of sp³-hybridized carbons (Fsp3) is 0.333. The molecule has 2 heteroatoms. The first kappa shape index (κ1) is 10.6. The van der Waals surface area contributed by atoms with E-state index in [-0.39, 0.29) is 6.10 Å². The van der Waals surface area contributed by atoms with E-state index in [1.54, 1.807) is 0 Å². The Morgan fingerprint density at radius 2 is 2.18 bits per heavy atom. The molecule has 0 radical (unpaired) electrons. The van der Waals surface area contributed by atoms with Crippen LogP contribution in [0.5, 0.6) is 0 Å². The number of hydrogen-bond donors (Lipinski definition) is 1. The van der Waals surface area contributed by atoms with Crippen molar-refractivity contribution in [2.75, 3.05) is 0 Å². The monoisotopic (exact) mass is 227 g/mol. The molecule has 3 rings (SSSR count). The van der Waals surface area contributed by atoms with Crippen LogP contribution in [0, 0.1) is 6.92 Å². The SMILES string of the molecule is Cc1cccc2c1Cc1ccn(CC(C)O)c1-2. The molecular formula is C15H17NO. The first-order valence-electron chi connectivity index (χ1n) is 6.11. The Bertz CT molecular complexity index is 566. The van der Waals surface area contributed by atoms with Crippen molar-refractivity contribution >= 4 is 0 Å². The number of hydrogen-bond acceptors (Lipinski definition) is 1. The maximum Gasteiger partial charge on any atom is 0.0691 e. The summed E-state index contributed by atoms with van der Waals surface area (Å²) < 4.78 is 2.17. The highest BCUT2D eigenvalue weighted by Gasteiger charge is 2.23. The predicted octanol–water partition coefficient (Wildman–Crippen LogP) is 2.75. The van der Waals surface area contributed by atoms with Crippen LogP contribution in [0.1, 0.15) is 23.6 Å². The van der Waals surface area contributed by atoms with Crippen molar-refractivity contribution in [1.82, 2.24) is 4.57 Å². The van der Waals surface area contributed by atoms with Gasteiger partial charge in [0.1, 0.15) is 0 Å². The summed E-state index contributed by atoms with van der Waals surface area (Å²) in [5, 5.41) is 9.54. The van der Waals surface area contributed by atoms with Gasteiger partial charge in [0, 0.05) is 24.7 Å². The van der Waals surface area contributed by atoms with Gasteiger partial charge in [0.05, 0.1) is 11.8 Å². The maximum atomic E-state index is 9.54. The van der Waals surface area contributed by atoms with Crippen molar-refractivity contribution in [2.24, 2.45) is 0 Å². The molecule has 1 aliphatic rings. The van der Waals surface area contributed by atoms with E-state index in [1.807, 2.05) is 6.92 Å². The molecule has 0 bridgehead atoms. The molecule has 88 valence electrons. The predicted molar refractivity (Wildman–Crippen MR) is 69.1 cm³/mol. The highest BCUT2D eigenvalue weighted by molar-refractivity contribution is 5.75. The van der Waals surface area contributed by atoms with Crippen LogP contribution < -0.4 is 0 Å². The summed E-state index contributed by atoms with van der Waals surface area (Å²) in [5.74, 6) is 0. The second-order valence-electron chi connectivity index (χ2n) is 4.97. The number of nitrogens with zero attached hydrogens (tertiary/aromatic N) is 1. The number of aliphatic hydroxyl groups excluding tert-OH is 1. The number of aromatic nitrogens is 1. The minimum absolute atomic E-state index is 0.305. The molecule has 1 aromatic carbocycles. The van der Waals surface area contributed by atoms with Crippen LogP contribution in [0.4, 0.5) is 0 Å². The van der Waals surface area contributed by atoms with Crippen LogP contribution in [0.25, 0.3) is 11.3 Å². The van der Waals surface area contributed by atoms with Gasteiger partial charge in [-0.1, -0.05) is 18.2 Å². The average Bonchev–Trinajstić information content (AvgIpc) is 2.79. The van der Waals surface area contributed by atoms with Gasteiger partial charge < -0.3 is 9.67 Å². The van der Waals surface area contributed by atoms with Crippen molar-refractivity contribution in [3.05, 3.63) is 47.2 Å². The molecule has 17 heavy (non-hydrogen) atoms. The van der Waals surface area contributed by atoms with Gasteiger partial charge in [-0.3, -0.25) is 0 Å². The molecule has 0 saturated carbocycles. The Hall–Kier alpha value is -1.54. The summed E-state index contributed by atoms with van der Waals surface area (Å²) in [6, 6.07) is 8.65. The van der Waals surface area contributed by atoms with E-state index in [0.717, 1.165) is 6.42 Å². The summed E-state index contributed by atoms with van der Waals surface area (Å²) in [5.41, 5.74) is 6.82. The lowest BCUT2D eigenvalue weighted by molar-refractivity contribution is 0.174. The fourth-order valence-electron chi connectivity index (χ4n) is 2.77. The van der Waals surface area contributed by atoms with E-state index in [9.17, 15) is 5.11 Å². The van der Waals surface area contributed by atoms with Gasteiger partial charge in [-0.15, -0.1) is 0 Å². The standard InChI is InChI=1S/C15H17NO/c1-10-4-3-5-13-14(10)8-12-6-7-16(15(12)13)9-11(2)17/h3-7,11,17H,8-9H2,1-2H3. The fourth-order valence-corrected chi connectivity index (χ4v) is 2.77. The molecule has 0 fully saturated rings. The van der Waals surface area contributed by atoms with E-state index in [4.69, 9.17) is 0 Å². The van der Waals surface area contributed by atoms with Gasteiger partial charge in [-0.2, -0.15) is 0 Å². The molecule has 1 unspecified atom stereocenters. The van der Waals surface area contributed by atoms with Crippen molar-refractivity contribution in [3.63, 3.8) is 0 Å². The smallest absolute Gasteiger partial charge is 0.0691 e. The minimum atomic E-state index is -0.305. The van der Waals surface area contributed by atoms with Crippen LogP contribution in [0.3, 0.4) is 0 Å². The van der Waals surface area contributed by atoms with E-state index in [2.05, 4.69) is 42.0 Å². The van der Waals surface area contributed by atoms with Crippen LogP contribution in [-0.2, 0) is 13.0 Å². The third kappa shape index (κ3) is 1.60. The van der Waals surface area contributed by atoms with Crippen molar-refractivity contribution < 1.29 is 5.11 Å². The van der Waals surface area contributed by atoms with Gasteiger partial charge >= 0.3 is 0 Å². The number of aryl methyl sites for hydroxylation is 1. The number of rotatable bonds is 2. The quantitative estimate of drug-likeness (QED) is 0.715. The second kappa shape index (κ2) is 3.74. The largest absolute Gasteiger partial charge is 0.392 e. The summed E-state index contributed by atoms with van der Waals surface area (Å²) in [6.07, 6.45) is 2.81. The van der Waals surface area contributed by atoms with Gasteiger partial charge in [0.2, 0.25) is 0 Å². The average molecular weight is 227 g/mol. The molecular weight excluding hydrogens is 210 g/mol. The van der Waals surface area contributed by atoms with Crippen LogP contribution >= 0.6 is 0 Å². The second-order valence-corrected chi connectivity index (χ2v) is 4.97. The lowest BCUT2D eigenvalue weighted by atomic mass is 10.0. The van der Waals surface area contributed by atoms with Gasteiger partial charge in [0.15, 0.2) is 0 Å². The molecule has 2 aromatic rings. The molecule has 1 N–H and O–H groups in total. The lowest BCUT2D eigenvalue weighted by Gasteiger charge is -2.11. The summed E-state index contributed by atoms with van der Waals surface area (Å²) in [4.78, 5) is 0. The zero-order valence-electron chi connectivity index (χ0n) is 10.3. The molecule has 0 spiro atoms. The van der Waals surface area contributed by atoms with Crippen molar-refractivity contribution in [3.8, 4) is 11.3 Å².